The van der Waals surface area contributed by atoms with Crippen molar-refractivity contribution in [3.8, 4) is 0 Å². The molecular weight excluding hydrogens is 298 g/mol. The summed E-state index contributed by atoms with van der Waals surface area (Å²) in [6.45, 7) is 1.92. The van der Waals surface area contributed by atoms with Gasteiger partial charge < -0.3 is 20.0 Å². The predicted octanol–water partition coefficient (Wildman–Crippen LogP) is 1.13. The van der Waals surface area contributed by atoms with Gasteiger partial charge in [0.15, 0.2) is 0 Å². The van der Waals surface area contributed by atoms with Gasteiger partial charge in [0.05, 0.1) is 23.8 Å². The maximum Gasteiger partial charge on any atom is 0.340 e. The van der Waals surface area contributed by atoms with Crippen LogP contribution < -0.4 is 10.4 Å². The second-order valence-corrected chi connectivity index (χ2v) is 5.23. The van der Waals surface area contributed by atoms with Crippen molar-refractivity contribution in [3.63, 3.8) is 0 Å². The number of anilines is 1. The summed E-state index contributed by atoms with van der Waals surface area (Å²) < 4.78 is 4.95. The molecule has 0 heterocycles. The highest BCUT2D eigenvalue weighted by Gasteiger charge is 2.30. The van der Waals surface area contributed by atoms with Gasteiger partial charge in [0.2, 0.25) is 5.91 Å². The number of hydrogen-bond donors (Lipinski definition) is 1. The Morgan fingerprint density at radius 1 is 1.17 bits per heavy atom. The largest absolute Gasteiger partial charge is 0.550 e. The predicted molar refractivity (Wildman–Crippen MR) is 81.4 cm³/mol. The van der Waals surface area contributed by atoms with E-state index < -0.39 is 29.7 Å². The number of allylic oxidation sites excluding steroid dienone is 2. The number of amides is 1. The van der Waals surface area contributed by atoms with Gasteiger partial charge in [0.1, 0.15) is 0 Å². The number of carbonyl (C=O) groups is 3. The lowest BCUT2D eigenvalue weighted by Gasteiger charge is -2.28. The van der Waals surface area contributed by atoms with E-state index in [-0.39, 0.29) is 18.6 Å². The van der Waals surface area contributed by atoms with Crippen LogP contribution in [0.15, 0.2) is 36.4 Å². The number of nitrogens with one attached hydrogen (secondary N) is 1. The first kappa shape index (κ1) is 16.7. The number of aliphatic carboxylic acids is 1. The molecular formula is C17H18NO5-. The van der Waals surface area contributed by atoms with E-state index in [2.05, 4.69) is 5.32 Å². The molecule has 1 amide bonds. The number of benzene rings is 1. The standard InChI is InChI=1S/C17H19NO5/c1-2-23-17(22)13-9-5-6-10-14(13)18-15(19)11-7-3-4-8-12(11)16(20)21/h3-6,9-12H,2,7-8H2,1H3,(H,18,19)(H,20,21)/p-1/t11-,12+/m0/s1. The molecule has 1 aromatic carbocycles. The minimum Gasteiger partial charge on any atom is -0.550 e. The first-order chi connectivity index (χ1) is 11.0. The van der Waals surface area contributed by atoms with Crippen LogP contribution in [0.25, 0.3) is 0 Å². The molecule has 1 aromatic rings. The van der Waals surface area contributed by atoms with Crippen LogP contribution in [0.3, 0.4) is 0 Å². The molecule has 2 atom stereocenters. The first-order valence-corrected chi connectivity index (χ1v) is 7.47. The molecule has 0 radical (unpaired) electrons. The van der Waals surface area contributed by atoms with Crippen molar-refractivity contribution < 1.29 is 24.2 Å². The van der Waals surface area contributed by atoms with E-state index in [0.29, 0.717) is 12.1 Å². The minimum atomic E-state index is -1.24. The molecule has 0 bridgehead atoms. The van der Waals surface area contributed by atoms with Crippen LogP contribution in [0.5, 0.6) is 0 Å². The fraction of sp³-hybridized carbons (Fsp3) is 0.353. The zero-order chi connectivity index (χ0) is 16.8. The molecule has 0 unspecified atom stereocenters. The molecule has 1 N–H and O–H groups in total. The normalized spacial score (nSPS) is 19.9. The monoisotopic (exact) mass is 316 g/mol. The highest BCUT2D eigenvalue weighted by Crippen LogP contribution is 2.27. The topological polar surface area (TPSA) is 95.5 Å². The number of carbonyl (C=O) groups excluding carboxylic acids is 3. The molecule has 122 valence electrons. The third kappa shape index (κ3) is 3.97. The van der Waals surface area contributed by atoms with Crippen molar-refractivity contribution in [2.45, 2.75) is 19.8 Å². The Balaban J connectivity index is 2.18. The van der Waals surface area contributed by atoms with Gasteiger partial charge in [-0.1, -0.05) is 24.3 Å². The van der Waals surface area contributed by atoms with E-state index in [0.717, 1.165) is 0 Å². The third-order valence-corrected chi connectivity index (χ3v) is 3.75. The minimum absolute atomic E-state index is 0.224. The van der Waals surface area contributed by atoms with Gasteiger partial charge in [-0.15, -0.1) is 0 Å². The van der Waals surface area contributed by atoms with Gasteiger partial charge in [0, 0.05) is 11.9 Å². The number of rotatable bonds is 5. The number of para-hydroxylation sites is 1. The lowest BCUT2D eigenvalue weighted by molar-refractivity contribution is -0.313. The van der Waals surface area contributed by atoms with Crippen molar-refractivity contribution in [2.75, 3.05) is 11.9 Å². The maximum atomic E-state index is 12.4. The van der Waals surface area contributed by atoms with Gasteiger partial charge >= 0.3 is 5.97 Å². The summed E-state index contributed by atoms with van der Waals surface area (Å²) in [5.74, 6) is -3.81. The van der Waals surface area contributed by atoms with Crippen LogP contribution in [-0.2, 0) is 14.3 Å². The van der Waals surface area contributed by atoms with Crippen LogP contribution in [0.1, 0.15) is 30.1 Å². The van der Waals surface area contributed by atoms with Crippen LogP contribution in [-0.4, -0.2) is 24.5 Å². The SMILES string of the molecule is CCOC(=O)c1ccccc1NC(=O)[C@H]1CC=CC[C@H]1C(=O)[O-]. The summed E-state index contributed by atoms with van der Waals surface area (Å²) in [4.78, 5) is 35.5. The van der Waals surface area contributed by atoms with Crippen molar-refractivity contribution in [2.24, 2.45) is 11.8 Å². The quantitative estimate of drug-likeness (QED) is 0.649. The van der Waals surface area contributed by atoms with Gasteiger partial charge in [-0.25, -0.2) is 4.79 Å². The Morgan fingerprint density at radius 2 is 1.83 bits per heavy atom. The van der Waals surface area contributed by atoms with Gasteiger partial charge in [-0.05, 0) is 31.9 Å². The Bertz CT molecular complexity index is 638. The summed E-state index contributed by atoms with van der Waals surface area (Å²) >= 11 is 0. The fourth-order valence-electron chi connectivity index (χ4n) is 2.57. The van der Waals surface area contributed by atoms with Crippen molar-refractivity contribution in [1.29, 1.82) is 0 Å². The molecule has 6 nitrogen and oxygen atoms in total. The average Bonchev–Trinajstić information content (AvgIpc) is 2.55. The molecule has 0 saturated carbocycles. The maximum absolute atomic E-state index is 12.4. The van der Waals surface area contributed by atoms with Gasteiger partial charge in [-0.3, -0.25) is 4.79 Å². The second-order valence-electron chi connectivity index (χ2n) is 5.23. The smallest absolute Gasteiger partial charge is 0.340 e. The fourth-order valence-corrected chi connectivity index (χ4v) is 2.57. The van der Waals surface area contributed by atoms with Crippen LogP contribution >= 0.6 is 0 Å². The number of carboxylic acid groups (broad SMARTS) is 1. The average molecular weight is 316 g/mol. The van der Waals surface area contributed by atoms with E-state index in [1.165, 1.54) is 0 Å². The Morgan fingerprint density at radius 3 is 2.48 bits per heavy atom. The molecule has 1 aliphatic carbocycles. The van der Waals surface area contributed by atoms with Crippen LogP contribution in [0.2, 0.25) is 0 Å². The molecule has 23 heavy (non-hydrogen) atoms. The van der Waals surface area contributed by atoms with Crippen molar-refractivity contribution in [1.82, 2.24) is 0 Å². The molecule has 2 rings (SSSR count). The van der Waals surface area contributed by atoms with Gasteiger partial charge in [0.25, 0.3) is 0 Å². The Hall–Kier alpha value is -2.63. The van der Waals surface area contributed by atoms with Crippen molar-refractivity contribution in [3.05, 3.63) is 42.0 Å². The summed E-state index contributed by atoms with van der Waals surface area (Å²) in [6.07, 6.45) is 4.10. The molecule has 0 aliphatic heterocycles. The number of carboxylic acids is 1. The van der Waals surface area contributed by atoms with E-state index in [1.807, 2.05) is 0 Å². The van der Waals surface area contributed by atoms with Crippen LogP contribution in [0.4, 0.5) is 5.69 Å². The molecule has 0 aromatic heterocycles. The summed E-state index contributed by atoms with van der Waals surface area (Å²) in [6, 6.07) is 6.46. The number of esters is 1. The molecule has 1 aliphatic rings. The molecule has 0 saturated heterocycles. The highest BCUT2D eigenvalue weighted by atomic mass is 16.5. The number of hydrogen-bond acceptors (Lipinski definition) is 5. The van der Waals surface area contributed by atoms with E-state index >= 15 is 0 Å². The second kappa shape index (κ2) is 7.58. The van der Waals surface area contributed by atoms with Crippen LogP contribution in [0, 0.1) is 11.8 Å². The van der Waals surface area contributed by atoms with Crippen molar-refractivity contribution >= 4 is 23.5 Å². The first-order valence-electron chi connectivity index (χ1n) is 7.47. The number of ether oxygens (including phenoxy) is 1. The van der Waals surface area contributed by atoms with E-state index in [9.17, 15) is 19.5 Å². The lowest BCUT2D eigenvalue weighted by Crippen LogP contribution is -2.41. The Kier molecular flexibility index (Phi) is 5.51. The molecule has 6 heteroatoms. The molecule has 0 fully saturated rings. The highest BCUT2D eigenvalue weighted by molar-refractivity contribution is 6.02. The third-order valence-electron chi connectivity index (χ3n) is 3.75. The zero-order valence-corrected chi connectivity index (χ0v) is 12.8. The lowest BCUT2D eigenvalue weighted by atomic mass is 9.82. The summed E-state index contributed by atoms with van der Waals surface area (Å²) in [5, 5.41) is 13.8. The summed E-state index contributed by atoms with van der Waals surface area (Å²) in [7, 11) is 0. The van der Waals surface area contributed by atoms with E-state index in [4.69, 9.17) is 4.74 Å². The van der Waals surface area contributed by atoms with Gasteiger partial charge in [-0.2, -0.15) is 0 Å². The zero-order valence-electron chi connectivity index (χ0n) is 12.8. The van der Waals surface area contributed by atoms with E-state index in [1.54, 1.807) is 43.3 Å². The summed E-state index contributed by atoms with van der Waals surface area (Å²) in [5.41, 5.74) is 0.543. The Labute approximate surface area is 134 Å². The molecule has 0 spiro atoms.